The van der Waals surface area contributed by atoms with Crippen LogP contribution in [0.15, 0.2) is 45.3 Å². The number of hydrogen-bond donors (Lipinski definition) is 1. The topological polar surface area (TPSA) is 54.6 Å². The molecule has 0 saturated carbocycles. The maximum absolute atomic E-state index is 10.6. The molecule has 1 amide bonds. The van der Waals surface area contributed by atoms with E-state index in [0.29, 0.717) is 4.80 Å². The minimum Gasteiger partial charge on any atom is -0.463 e. The Morgan fingerprint density at radius 2 is 2.19 bits per heavy atom. The van der Waals surface area contributed by atoms with Gasteiger partial charge in [-0.15, -0.1) is 16.3 Å². The van der Waals surface area contributed by atoms with Crippen molar-refractivity contribution in [3.63, 3.8) is 0 Å². The molecule has 0 atom stereocenters. The number of amides is 1. The Morgan fingerprint density at radius 3 is 2.88 bits per heavy atom. The first kappa shape index (κ1) is 11.1. The highest BCUT2D eigenvalue weighted by molar-refractivity contribution is 9.10. The van der Waals surface area contributed by atoms with Crippen molar-refractivity contribution >= 4 is 33.4 Å². The predicted octanol–water partition coefficient (Wildman–Crippen LogP) is 2.88. The maximum Gasteiger partial charge on any atom is 0.433 e. The van der Waals surface area contributed by atoms with E-state index in [1.165, 1.54) is 11.3 Å². The van der Waals surface area contributed by atoms with E-state index in [4.69, 9.17) is 5.11 Å². The van der Waals surface area contributed by atoms with Gasteiger partial charge in [-0.3, -0.25) is 4.57 Å². The second kappa shape index (κ2) is 4.63. The standard InChI is InChI=1S/C10H7BrN2O2S/c11-7-3-1-2-4-8(7)13-5-6-16-9(13)12-10(14)15/h1-6H,(H,14,15). The molecule has 2 rings (SSSR count). The highest BCUT2D eigenvalue weighted by Crippen LogP contribution is 2.19. The number of aromatic nitrogens is 1. The number of benzene rings is 1. The maximum atomic E-state index is 10.6. The van der Waals surface area contributed by atoms with Crippen molar-refractivity contribution in [1.82, 2.24) is 4.57 Å². The van der Waals surface area contributed by atoms with Crippen LogP contribution in [0.25, 0.3) is 5.69 Å². The molecule has 82 valence electrons. The fourth-order valence-corrected chi connectivity index (χ4v) is 2.45. The fraction of sp³-hybridized carbons (Fsp3) is 0. The molecule has 0 aliphatic heterocycles. The highest BCUT2D eigenvalue weighted by atomic mass is 79.9. The molecule has 2 aromatic rings. The van der Waals surface area contributed by atoms with Crippen LogP contribution in [0.3, 0.4) is 0 Å². The molecule has 4 nitrogen and oxygen atoms in total. The first-order valence-electron chi connectivity index (χ1n) is 4.37. The van der Waals surface area contributed by atoms with E-state index in [2.05, 4.69) is 20.9 Å². The van der Waals surface area contributed by atoms with Crippen molar-refractivity contribution in [2.75, 3.05) is 0 Å². The quantitative estimate of drug-likeness (QED) is 0.880. The number of rotatable bonds is 1. The molecule has 0 fully saturated rings. The van der Waals surface area contributed by atoms with Gasteiger partial charge in [-0.05, 0) is 28.1 Å². The second-order valence-electron chi connectivity index (χ2n) is 2.90. The number of para-hydroxylation sites is 1. The molecule has 1 aromatic heterocycles. The minimum atomic E-state index is -1.19. The summed E-state index contributed by atoms with van der Waals surface area (Å²) in [7, 11) is 0. The zero-order valence-electron chi connectivity index (χ0n) is 8.00. The molecule has 0 aliphatic rings. The third kappa shape index (κ3) is 2.23. The second-order valence-corrected chi connectivity index (χ2v) is 4.63. The Kier molecular flexibility index (Phi) is 3.21. The SMILES string of the molecule is O=C(O)N=c1sccn1-c1ccccc1Br. The summed E-state index contributed by atoms with van der Waals surface area (Å²) < 4.78 is 2.61. The number of hydrogen-bond acceptors (Lipinski definition) is 2. The summed E-state index contributed by atoms with van der Waals surface area (Å²) in [5.74, 6) is 0. The molecule has 16 heavy (non-hydrogen) atoms. The van der Waals surface area contributed by atoms with Gasteiger partial charge in [-0.1, -0.05) is 12.1 Å². The molecule has 6 heteroatoms. The summed E-state index contributed by atoms with van der Waals surface area (Å²) in [4.78, 5) is 14.5. The molecule has 0 bridgehead atoms. The molecular weight excluding hydrogens is 292 g/mol. The van der Waals surface area contributed by atoms with Crippen molar-refractivity contribution in [2.24, 2.45) is 4.99 Å². The van der Waals surface area contributed by atoms with Crippen molar-refractivity contribution in [2.45, 2.75) is 0 Å². The van der Waals surface area contributed by atoms with Crippen LogP contribution in [-0.4, -0.2) is 15.8 Å². The molecule has 1 heterocycles. The number of thiazole rings is 1. The van der Waals surface area contributed by atoms with Gasteiger partial charge in [0.1, 0.15) is 0 Å². The molecule has 0 aliphatic carbocycles. The van der Waals surface area contributed by atoms with Crippen molar-refractivity contribution in [3.05, 3.63) is 45.1 Å². The number of carbonyl (C=O) groups is 1. The first-order chi connectivity index (χ1) is 7.68. The molecular formula is C10H7BrN2O2S. The van der Waals surface area contributed by atoms with Crippen LogP contribution >= 0.6 is 27.3 Å². The third-order valence-corrected chi connectivity index (χ3v) is 3.32. The van der Waals surface area contributed by atoms with Gasteiger partial charge in [0.25, 0.3) is 0 Å². The fourth-order valence-electron chi connectivity index (χ4n) is 1.27. The van der Waals surface area contributed by atoms with Crippen LogP contribution < -0.4 is 4.80 Å². The van der Waals surface area contributed by atoms with Crippen LogP contribution in [0.1, 0.15) is 0 Å². The molecule has 0 unspecified atom stereocenters. The summed E-state index contributed by atoms with van der Waals surface area (Å²) >= 11 is 4.69. The van der Waals surface area contributed by atoms with E-state index in [1.807, 2.05) is 24.3 Å². The van der Waals surface area contributed by atoms with E-state index in [9.17, 15) is 4.79 Å². The van der Waals surface area contributed by atoms with Gasteiger partial charge in [0.05, 0.1) is 5.69 Å². The van der Waals surface area contributed by atoms with E-state index < -0.39 is 6.09 Å². The Bertz CT molecular complexity index is 588. The predicted molar refractivity (Wildman–Crippen MR) is 64.9 cm³/mol. The zero-order valence-corrected chi connectivity index (χ0v) is 10.4. The smallest absolute Gasteiger partial charge is 0.433 e. The van der Waals surface area contributed by atoms with Crippen molar-refractivity contribution in [1.29, 1.82) is 0 Å². The normalized spacial score (nSPS) is 11.7. The number of carboxylic acid groups (broad SMARTS) is 1. The van der Waals surface area contributed by atoms with Crippen LogP contribution in [0.4, 0.5) is 4.79 Å². The average molecular weight is 299 g/mol. The van der Waals surface area contributed by atoms with Gasteiger partial charge in [-0.25, -0.2) is 4.79 Å². The lowest BCUT2D eigenvalue weighted by Crippen LogP contribution is -2.14. The Labute approximate surface area is 104 Å². The Morgan fingerprint density at radius 1 is 1.44 bits per heavy atom. The van der Waals surface area contributed by atoms with E-state index in [1.54, 1.807) is 16.1 Å². The lowest BCUT2D eigenvalue weighted by Gasteiger charge is -2.04. The van der Waals surface area contributed by atoms with E-state index in [0.717, 1.165) is 10.2 Å². The number of halogens is 1. The third-order valence-electron chi connectivity index (χ3n) is 1.89. The van der Waals surface area contributed by atoms with E-state index >= 15 is 0 Å². The molecule has 0 spiro atoms. The Balaban J connectivity index is 2.62. The lowest BCUT2D eigenvalue weighted by molar-refractivity contribution is 0.204. The van der Waals surface area contributed by atoms with Gasteiger partial charge in [-0.2, -0.15) is 0 Å². The number of nitrogens with zero attached hydrogens (tertiary/aromatic N) is 2. The minimum absolute atomic E-state index is 0.430. The molecule has 0 saturated heterocycles. The summed E-state index contributed by atoms with van der Waals surface area (Å²) in [6, 6.07) is 7.56. The van der Waals surface area contributed by atoms with Gasteiger partial charge >= 0.3 is 6.09 Å². The highest BCUT2D eigenvalue weighted by Gasteiger charge is 2.03. The van der Waals surface area contributed by atoms with Crippen LogP contribution in [0.5, 0.6) is 0 Å². The summed E-state index contributed by atoms with van der Waals surface area (Å²) in [5, 5.41) is 10.4. The molecule has 0 radical (unpaired) electrons. The monoisotopic (exact) mass is 298 g/mol. The Hall–Kier alpha value is -1.40. The first-order valence-corrected chi connectivity index (χ1v) is 6.04. The van der Waals surface area contributed by atoms with Gasteiger partial charge in [0, 0.05) is 16.0 Å². The van der Waals surface area contributed by atoms with Crippen molar-refractivity contribution in [3.8, 4) is 5.69 Å². The summed E-state index contributed by atoms with van der Waals surface area (Å²) in [6.07, 6.45) is 0.593. The van der Waals surface area contributed by atoms with Gasteiger partial charge < -0.3 is 5.11 Å². The van der Waals surface area contributed by atoms with Crippen LogP contribution in [0, 0.1) is 0 Å². The van der Waals surface area contributed by atoms with Gasteiger partial charge in [0.15, 0.2) is 0 Å². The average Bonchev–Trinajstić information content (AvgIpc) is 2.66. The van der Waals surface area contributed by atoms with Gasteiger partial charge in [0.2, 0.25) is 4.80 Å². The lowest BCUT2D eigenvalue weighted by atomic mass is 10.3. The zero-order chi connectivity index (χ0) is 11.5. The molecule has 1 N–H and O–H groups in total. The largest absolute Gasteiger partial charge is 0.463 e. The van der Waals surface area contributed by atoms with Crippen molar-refractivity contribution < 1.29 is 9.90 Å². The summed E-state index contributed by atoms with van der Waals surface area (Å²) in [6.45, 7) is 0. The van der Waals surface area contributed by atoms with Crippen LogP contribution in [0.2, 0.25) is 0 Å². The molecule has 1 aromatic carbocycles. The van der Waals surface area contributed by atoms with E-state index in [-0.39, 0.29) is 0 Å². The van der Waals surface area contributed by atoms with Crippen LogP contribution in [-0.2, 0) is 0 Å². The summed E-state index contributed by atoms with van der Waals surface area (Å²) in [5.41, 5.74) is 0.865.